The van der Waals surface area contributed by atoms with Gasteiger partial charge in [0.05, 0.1) is 5.69 Å². The monoisotopic (exact) mass is 327 g/mol. The number of alkyl halides is 2. The molecule has 0 aliphatic heterocycles. The summed E-state index contributed by atoms with van der Waals surface area (Å²) < 4.78 is 28.4. The molecule has 0 fully saturated rings. The third kappa shape index (κ3) is 4.74. The number of amides is 1. The number of hydrogen-bond donors (Lipinski definition) is 2. The van der Waals surface area contributed by atoms with Crippen LogP contribution in [0.1, 0.15) is 13.3 Å². The predicted octanol–water partition coefficient (Wildman–Crippen LogP) is 3.09. The van der Waals surface area contributed by atoms with Crippen molar-refractivity contribution < 1.29 is 18.3 Å². The zero-order valence-corrected chi connectivity index (χ0v) is 12.6. The SMILES string of the molecule is CC(N)CC(=O)Nc1nc(-c2ccc(OC(F)F)cc2)cs1. The minimum atomic E-state index is -2.85. The zero-order chi connectivity index (χ0) is 16.1. The summed E-state index contributed by atoms with van der Waals surface area (Å²) in [6, 6.07) is 5.91. The minimum absolute atomic E-state index is 0.0828. The van der Waals surface area contributed by atoms with Gasteiger partial charge in [-0.1, -0.05) is 0 Å². The number of hydrogen-bond acceptors (Lipinski definition) is 5. The van der Waals surface area contributed by atoms with E-state index in [-0.39, 0.29) is 24.1 Å². The number of halogens is 2. The van der Waals surface area contributed by atoms with Crippen molar-refractivity contribution in [2.75, 3.05) is 5.32 Å². The molecule has 1 atom stereocenters. The molecule has 0 aliphatic carbocycles. The average molecular weight is 327 g/mol. The molecule has 22 heavy (non-hydrogen) atoms. The van der Waals surface area contributed by atoms with E-state index in [2.05, 4.69) is 15.0 Å². The first kappa shape index (κ1) is 16.3. The molecule has 1 unspecified atom stereocenters. The molecular weight excluding hydrogens is 312 g/mol. The Morgan fingerprint density at radius 3 is 2.68 bits per heavy atom. The molecule has 3 N–H and O–H groups in total. The topological polar surface area (TPSA) is 77.2 Å². The van der Waals surface area contributed by atoms with Gasteiger partial charge < -0.3 is 15.8 Å². The fraction of sp³-hybridized carbons (Fsp3) is 0.286. The smallest absolute Gasteiger partial charge is 0.387 e. The van der Waals surface area contributed by atoms with Gasteiger partial charge in [-0.3, -0.25) is 4.79 Å². The van der Waals surface area contributed by atoms with Crippen LogP contribution in [-0.2, 0) is 4.79 Å². The second kappa shape index (κ2) is 7.28. The van der Waals surface area contributed by atoms with Crippen LogP contribution in [0.4, 0.5) is 13.9 Å². The lowest BCUT2D eigenvalue weighted by Gasteiger charge is -2.05. The molecule has 118 valence electrons. The highest BCUT2D eigenvalue weighted by atomic mass is 32.1. The number of thiazole rings is 1. The predicted molar refractivity (Wildman–Crippen MR) is 81.1 cm³/mol. The van der Waals surface area contributed by atoms with Crippen LogP contribution in [0.25, 0.3) is 11.3 Å². The summed E-state index contributed by atoms with van der Waals surface area (Å²) in [5.74, 6) is -0.115. The van der Waals surface area contributed by atoms with Gasteiger partial charge >= 0.3 is 6.61 Å². The van der Waals surface area contributed by atoms with Crippen LogP contribution in [-0.4, -0.2) is 23.5 Å². The van der Waals surface area contributed by atoms with E-state index in [1.54, 1.807) is 24.4 Å². The molecule has 1 heterocycles. The molecular formula is C14H15F2N3O2S. The normalized spacial score (nSPS) is 12.2. The molecule has 2 aromatic rings. The molecule has 8 heteroatoms. The minimum Gasteiger partial charge on any atom is -0.435 e. The van der Waals surface area contributed by atoms with E-state index >= 15 is 0 Å². The summed E-state index contributed by atoms with van der Waals surface area (Å²) in [6.45, 7) is -1.10. The number of carbonyl (C=O) groups is 1. The summed E-state index contributed by atoms with van der Waals surface area (Å²) in [5, 5.41) is 4.90. The number of ether oxygens (including phenoxy) is 1. The summed E-state index contributed by atoms with van der Waals surface area (Å²) in [7, 11) is 0. The third-order valence-corrected chi connectivity index (χ3v) is 3.39. The Morgan fingerprint density at radius 2 is 2.09 bits per heavy atom. The van der Waals surface area contributed by atoms with E-state index in [0.29, 0.717) is 10.8 Å². The van der Waals surface area contributed by atoms with Crippen molar-refractivity contribution in [3.8, 4) is 17.0 Å². The quantitative estimate of drug-likeness (QED) is 0.855. The number of aromatic nitrogens is 1. The van der Waals surface area contributed by atoms with Gasteiger partial charge in [0.15, 0.2) is 5.13 Å². The van der Waals surface area contributed by atoms with Crippen LogP contribution < -0.4 is 15.8 Å². The lowest BCUT2D eigenvalue weighted by Crippen LogP contribution is -2.23. The first-order chi connectivity index (χ1) is 10.4. The van der Waals surface area contributed by atoms with Crippen molar-refractivity contribution >= 4 is 22.4 Å². The molecule has 0 bridgehead atoms. The van der Waals surface area contributed by atoms with Crippen LogP contribution >= 0.6 is 11.3 Å². The molecule has 2 rings (SSSR count). The van der Waals surface area contributed by atoms with Crippen molar-refractivity contribution in [2.45, 2.75) is 26.0 Å². The van der Waals surface area contributed by atoms with Gasteiger partial charge in [-0.05, 0) is 31.2 Å². The van der Waals surface area contributed by atoms with E-state index in [0.717, 1.165) is 5.56 Å². The highest BCUT2D eigenvalue weighted by molar-refractivity contribution is 7.14. The molecule has 1 aromatic heterocycles. The Labute approximate surface area is 130 Å². The highest BCUT2D eigenvalue weighted by Gasteiger charge is 2.10. The largest absolute Gasteiger partial charge is 0.435 e. The van der Waals surface area contributed by atoms with Gasteiger partial charge in [-0.25, -0.2) is 4.98 Å². The summed E-state index contributed by atoms with van der Waals surface area (Å²) in [6.07, 6.45) is 0.217. The Kier molecular flexibility index (Phi) is 5.40. The number of nitrogens with one attached hydrogen (secondary N) is 1. The van der Waals surface area contributed by atoms with Crippen molar-refractivity contribution in [3.05, 3.63) is 29.6 Å². The number of nitrogens with two attached hydrogens (primary N) is 1. The summed E-state index contributed by atoms with van der Waals surface area (Å²) >= 11 is 1.28. The lowest BCUT2D eigenvalue weighted by molar-refractivity contribution is -0.116. The van der Waals surface area contributed by atoms with Gasteiger partial charge in [0.1, 0.15) is 5.75 Å². The van der Waals surface area contributed by atoms with Gasteiger partial charge in [0.2, 0.25) is 5.91 Å². The van der Waals surface area contributed by atoms with E-state index < -0.39 is 6.61 Å². The third-order valence-electron chi connectivity index (χ3n) is 2.63. The van der Waals surface area contributed by atoms with Crippen LogP contribution in [0.15, 0.2) is 29.6 Å². The molecule has 0 radical (unpaired) electrons. The van der Waals surface area contributed by atoms with Crippen molar-refractivity contribution in [3.63, 3.8) is 0 Å². The van der Waals surface area contributed by atoms with Crippen LogP contribution in [0.2, 0.25) is 0 Å². The maximum Gasteiger partial charge on any atom is 0.387 e. The van der Waals surface area contributed by atoms with Gasteiger partial charge in [0.25, 0.3) is 0 Å². The number of rotatable bonds is 6. The van der Waals surface area contributed by atoms with E-state index in [1.807, 2.05) is 0 Å². The second-order valence-electron chi connectivity index (χ2n) is 4.67. The van der Waals surface area contributed by atoms with E-state index in [4.69, 9.17) is 5.73 Å². The first-order valence-electron chi connectivity index (χ1n) is 6.50. The second-order valence-corrected chi connectivity index (χ2v) is 5.53. The lowest BCUT2D eigenvalue weighted by atomic mass is 10.2. The molecule has 1 amide bonds. The van der Waals surface area contributed by atoms with E-state index in [9.17, 15) is 13.6 Å². The Hall–Kier alpha value is -2.06. The molecule has 0 saturated heterocycles. The van der Waals surface area contributed by atoms with E-state index in [1.165, 1.54) is 23.5 Å². The first-order valence-corrected chi connectivity index (χ1v) is 7.38. The summed E-state index contributed by atoms with van der Waals surface area (Å²) in [5.41, 5.74) is 6.93. The number of nitrogens with zero attached hydrogens (tertiary/aromatic N) is 1. The van der Waals surface area contributed by atoms with Gasteiger partial charge in [0, 0.05) is 23.4 Å². The Balaban J connectivity index is 2.03. The van der Waals surface area contributed by atoms with Crippen molar-refractivity contribution in [1.82, 2.24) is 4.98 Å². The average Bonchev–Trinajstić information content (AvgIpc) is 2.86. The molecule has 0 aliphatic rings. The van der Waals surface area contributed by atoms with Crippen molar-refractivity contribution in [1.29, 1.82) is 0 Å². The van der Waals surface area contributed by atoms with Crippen LogP contribution in [0.5, 0.6) is 5.75 Å². The fourth-order valence-corrected chi connectivity index (χ4v) is 2.47. The Morgan fingerprint density at radius 1 is 1.41 bits per heavy atom. The molecule has 1 aromatic carbocycles. The van der Waals surface area contributed by atoms with Gasteiger partial charge in [-0.2, -0.15) is 8.78 Å². The molecule has 0 saturated carbocycles. The molecule has 0 spiro atoms. The number of carbonyl (C=O) groups excluding carboxylic acids is 1. The zero-order valence-electron chi connectivity index (χ0n) is 11.8. The number of anilines is 1. The Bertz CT molecular complexity index is 629. The maximum absolute atomic E-state index is 12.1. The molecule has 5 nitrogen and oxygen atoms in total. The van der Waals surface area contributed by atoms with Crippen LogP contribution in [0, 0.1) is 0 Å². The fourth-order valence-electron chi connectivity index (χ4n) is 1.73. The number of benzene rings is 1. The van der Waals surface area contributed by atoms with Crippen molar-refractivity contribution in [2.24, 2.45) is 5.73 Å². The standard InChI is InChI=1S/C14H15F2N3O2S/c1-8(17)6-12(20)19-14-18-11(7-22-14)9-2-4-10(5-3-9)21-13(15)16/h2-5,7-8,13H,6,17H2,1H3,(H,18,19,20). The van der Waals surface area contributed by atoms with Crippen LogP contribution in [0.3, 0.4) is 0 Å². The van der Waals surface area contributed by atoms with Gasteiger partial charge in [-0.15, -0.1) is 11.3 Å². The maximum atomic E-state index is 12.1. The summed E-state index contributed by atoms with van der Waals surface area (Å²) in [4.78, 5) is 15.9. The highest BCUT2D eigenvalue weighted by Crippen LogP contribution is 2.27.